The van der Waals surface area contributed by atoms with E-state index in [0.29, 0.717) is 6.04 Å². The fraction of sp³-hybridized carbons (Fsp3) is 0.692. The molecule has 0 spiro atoms. The lowest BCUT2D eigenvalue weighted by atomic mass is 10.2. The maximum atomic E-state index is 5.71. The fourth-order valence-corrected chi connectivity index (χ4v) is 2.47. The minimum atomic E-state index is 0.320. The van der Waals surface area contributed by atoms with Crippen LogP contribution in [0.25, 0.3) is 0 Å². The summed E-state index contributed by atoms with van der Waals surface area (Å²) in [5.74, 6) is 1.08. The van der Waals surface area contributed by atoms with Gasteiger partial charge in [0.25, 0.3) is 0 Å². The van der Waals surface area contributed by atoms with Gasteiger partial charge in [-0.1, -0.05) is 18.2 Å². The van der Waals surface area contributed by atoms with Gasteiger partial charge in [0.15, 0.2) is 5.16 Å². The van der Waals surface area contributed by atoms with Crippen LogP contribution in [0.5, 0.6) is 0 Å². The summed E-state index contributed by atoms with van der Waals surface area (Å²) in [6.07, 6.45) is 3.48. The monoisotopic (exact) mass is 253 g/mol. The number of aromatic nitrogens is 2. The first kappa shape index (κ1) is 14.5. The molecule has 96 valence electrons. The van der Waals surface area contributed by atoms with Crippen LogP contribution in [0.4, 0.5) is 0 Å². The lowest BCUT2D eigenvalue weighted by Crippen LogP contribution is -2.14. The van der Waals surface area contributed by atoms with Crippen LogP contribution in [0.15, 0.2) is 5.16 Å². The summed E-state index contributed by atoms with van der Waals surface area (Å²) in [6.45, 7) is 8.22. The summed E-state index contributed by atoms with van der Waals surface area (Å²) >= 11 is 1.75. The van der Waals surface area contributed by atoms with Gasteiger partial charge in [0.05, 0.1) is 0 Å². The van der Waals surface area contributed by atoms with Crippen LogP contribution in [0, 0.1) is 20.8 Å². The molecule has 0 saturated carbocycles. The Morgan fingerprint density at radius 2 is 1.71 bits per heavy atom. The molecule has 0 amide bonds. The fourth-order valence-electron chi connectivity index (χ4n) is 1.54. The van der Waals surface area contributed by atoms with Gasteiger partial charge >= 0.3 is 0 Å². The van der Waals surface area contributed by atoms with E-state index in [2.05, 4.69) is 23.8 Å². The molecule has 0 fully saturated rings. The first-order valence-electron chi connectivity index (χ1n) is 6.21. The zero-order chi connectivity index (χ0) is 12.8. The summed E-state index contributed by atoms with van der Waals surface area (Å²) < 4.78 is 0. The zero-order valence-corrected chi connectivity index (χ0v) is 12.1. The Balaban J connectivity index is 2.37. The van der Waals surface area contributed by atoms with E-state index in [1.54, 1.807) is 11.8 Å². The molecule has 0 aliphatic carbocycles. The quantitative estimate of drug-likeness (QED) is 0.481. The topological polar surface area (TPSA) is 51.8 Å². The molecule has 1 unspecified atom stereocenters. The highest BCUT2D eigenvalue weighted by atomic mass is 32.2. The van der Waals surface area contributed by atoms with E-state index < -0.39 is 0 Å². The van der Waals surface area contributed by atoms with Gasteiger partial charge in [0, 0.05) is 23.2 Å². The molecular weight excluding hydrogens is 230 g/mol. The van der Waals surface area contributed by atoms with Gasteiger partial charge < -0.3 is 5.73 Å². The van der Waals surface area contributed by atoms with Crippen molar-refractivity contribution < 1.29 is 0 Å². The number of rotatable bonds is 6. The van der Waals surface area contributed by atoms with Gasteiger partial charge in [-0.25, -0.2) is 9.97 Å². The number of nitrogens with two attached hydrogens (primary N) is 1. The molecular formula is C13H23N3S. The summed E-state index contributed by atoms with van der Waals surface area (Å²) in [6, 6.07) is 0.320. The van der Waals surface area contributed by atoms with Gasteiger partial charge in [-0.15, -0.1) is 0 Å². The van der Waals surface area contributed by atoms with Gasteiger partial charge in [0.1, 0.15) is 0 Å². The van der Waals surface area contributed by atoms with Crippen LogP contribution in [-0.2, 0) is 0 Å². The van der Waals surface area contributed by atoms with Crippen molar-refractivity contribution in [3.63, 3.8) is 0 Å². The van der Waals surface area contributed by atoms with Crippen molar-refractivity contribution in [2.45, 2.75) is 58.2 Å². The van der Waals surface area contributed by atoms with E-state index in [4.69, 9.17) is 5.73 Å². The second kappa shape index (κ2) is 6.97. The SMILES string of the molecule is Cc1nc(SCCCCC(C)N)nc(C)c1C. The van der Waals surface area contributed by atoms with Crippen molar-refractivity contribution in [3.8, 4) is 0 Å². The zero-order valence-electron chi connectivity index (χ0n) is 11.3. The van der Waals surface area contributed by atoms with E-state index >= 15 is 0 Å². The molecule has 17 heavy (non-hydrogen) atoms. The first-order valence-corrected chi connectivity index (χ1v) is 7.19. The highest BCUT2D eigenvalue weighted by molar-refractivity contribution is 7.99. The Morgan fingerprint density at radius 1 is 1.12 bits per heavy atom. The largest absolute Gasteiger partial charge is 0.328 e. The highest BCUT2D eigenvalue weighted by Gasteiger charge is 2.04. The third-order valence-corrected chi connectivity index (χ3v) is 3.83. The van der Waals surface area contributed by atoms with Gasteiger partial charge in [-0.2, -0.15) is 0 Å². The molecule has 1 rings (SSSR count). The van der Waals surface area contributed by atoms with Crippen LogP contribution >= 0.6 is 11.8 Å². The number of thioether (sulfide) groups is 1. The molecule has 0 aliphatic heterocycles. The minimum Gasteiger partial charge on any atom is -0.328 e. The summed E-state index contributed by atoms with van der Waals surface area (Å²) in [4.78, 5) is 8.99. The first-order chi connectivity index (χ1) is 8.00. The van der Waals surface area contributed by atoms with Crippen LogP contribution < -0.4 is 5.73 Å². The second-order valence-electron chi connectivity index (χ2n) is 4.62. The Kier molecular flexibility index (Phi) is 5.92. The minimum absolute atomic E-state index is 0.320. The van der Waals surface area contributed by atoms with Gasteiger partial charge in [-0.05, 0) is 46.1 Å². The van der Waals surface area contributed by atoms with Crippen molar-refractivity contribution >= 4 is 11.8 Å². The van der Waals surface area contributed by atoms with Crippen molar-refractivity contribution in [3.05, 3.63) is 17.0 Å². The predicted octanol–water partition coefficient (Wildman–Crippen LogP) is 3.01. The molecule has 2 N–H and O–H groups in total. The molecule has 0 aliphatic rings. The Morgan fingerprint density at radius 3 is 2.24 bits per heavy atom. The number of hydrogen-bond acceptors (Lipinski definition) is 4. The highest BCUT2D eigenvalue weighted by Crippen LogP contribution is 2.18. The van der Waals surface area contributed by atoms with Crippen LogP contribution in [0.1, 0.15) is 43.1 Å². The maximum Gasteiger partial charge on any atom is 0.187 e. The molecule has 0 aromatic carbocycles. The molecule has 1 aromatic rings. The van der Waals surface area contributed by atoms with E-state index in [9.17, 15) is 0 Å². The molecule has 0 bridgehead atoms. The van der Waals surface area contributed by atoms with Crippen LogP contribution in [0.3, 0.4) is 0 Å². The Hall–Kier alpha value is -0.610. The van der Waals surface area contributed by atoms with E-state index in [0.717, 1.165) is 28.7 Å². The third-order valence-electron chi connectivity index (χ3n) is 2.90. The lowest BCUT2D eigenvalue weighted by molar-refractivity contribution is 0.618. The smallest absolute Gasteiger partial charge is 0.187 e. The van der Waals surface area contributed by atoms with Crippen molar-refractivity contribution in [1.29, 1.82) is 0 Å². The summed E-state index contributed by atoms with van der Waals surface area (Å²) in [5.41, 5.74) is 9.10. The molecule has 3 nitrogen and oxygen atoms in total. The normalized spacial score (nSPS) is 12.8. The maximum absolute atomic E-state index is 5.71. The Bertz CT molecular complexity index is 341. The van der Waals surface area contributed by atoms with Crippen molar-refractivity contribution in [1.82, 2.24) is 9.97 Å². The number of unbranched alkanes of at least 4 members (excludes halogenated alkanes) is 1. The lowest BCUT2D eigenvalue weighted by Gasteiger charge is -2.07. The van der Waals surface area contributed by atoms with E-state index in [1.807, 2.05) is 13.8 Å². The molecule has 1 atom stereocenters. The Labute approximate surface area is 109 Å². The number of nitrogens with zero attached hydrogens (tertiary/aromatic N) is 2. The van der Waals surface area contributed by atoms with E-state index in [1.165, 1.54) is 18.4 Å². The van der Waals surface area contributed by atoms with Gasteiger partial charge in [-0.3, -0.25) is 0 Å². The third kappa shape index (κ3) is 5.04. The molecule has 4 heteroatoms. The van der Waals surface area contributed by atoms with Crippen molar-refractivity contribution in [2.24, 2.45) is 5.73 Å². The summed E-state index contributed by atoms with van der Waals surface area (Å²) in [5, 5.41) is 0.909. The molecule has 0 radical (unpaired) electrons. The number of aryl methyl sites for hydroxylation is 2. The van der Waals surface area contributed by atoms with Gasteiger partial charge in [0.2, 0.25) is 0 Å². The average molecular weight is 253 g/mol. The average Bonchev–Trinajstić information content (AvgIpc) is 2.25. The number of hydrogen-bond donors (Lipinski definition) is 1. The predicted molar refractivity (Wildman–Crippen MR) is 74.5 cm³/mol. The van der Waals surface area contributed by atoms with Crippen LogP contribution in [0.2, 0.25) is 0 Å². The van der Waals surface area contributed by atoms with Crippen LogP contribution in [-0.4, -0.2) is 21.8 Å². The summed E-state index contributed by atoms with van der Waals surface area (Å²) in [7, 11) is 0. The molecule has 0 saturated heterocycles. The van der Waals surface area contributed by atoms with E-state index in [-0.39, 0.29) is 0 Å². The standard InChI is InChI=1S/C13H23N3S/c1-9(14)7-5-6-8-17-13-15-11(3)10(2)12(4)16-13/h9H,5-8,14H2,1-4H3. The second-order valence-corrected chi connectivity index (χ2v) is 5.69. The molecule has 1 aromatic heterocycles. The molecule has 1 heterocycles. The van der Waals surface area contributed by atoms with Crippen molar-refractivity contribution in [2.75, 3.05) is 5.75 Å².